The molecule has 30 heavy (non-hydrogen) atoms. The summed E-state index contributed by atoms with van der Waals surface area (Å²) in [4.78, 5) is 25.6. The van der Waals surface area contributed by atoms with Gasteiger partial charge in [0, 0.05) is 38.6 Å². The fraction of sp³-hybridized carbons (Fsp3) is 0.217. The van der Waals surface area contributed by atoms with Crippen LogP contribution in [0, 0.1) is 0 Å². The molecule has 0 bridgehead atoms. The van der Waals surface area contributed by atoms with Crippen LogP contribution in [0.5, 0.6) is 0 Å². The molecule has 3 heterocycles. The van der Waals surface area contributed by atoms with Crippen molar-refractivity contribution in [3.05, 3.63) is 96.1 Å². The van der Waals surface area contributed by atoms with Crippen LogP contribution in [0.2, 0.25) is 0 Å². The number of amides is 1. The van der Waals surface area contributed by atoms with Gasteiger partial charge in [0.05, 0.1) is 6.04 Å². The van der Waals surface area contributed by atoms with Gasteiger partial charge in [0.25, 0.3) is 11.7 Å². The molecule has 2 aromatic carbocycles. The summed E-state index contributed by atoms with van der Waals surface area (Å²) < 4.78 is 1.53. The monoisotopic (exact) mass is 398 g/mol. The molecule has 0 atom stereocenters. The van der Waals surface area contributed by atoms with E-state index in [2.05, 4.69) is 68.5 Å². The molecular formula is C23H22N6O. The van der Waals surface area contributed by atoms with Gasteiger partial charge in [0.1, 0.15) is 0 Å². The maximum absolute atomic E-state index is 12.9. The van der Waals surface area contributed by atoms with Gasteiger partial charge in [0.2, 0.25) is 5.82 Å². The predicted molar refractivity (Wildman–Crippen MR) is 113 cm³/mol. The van der Waals surface area contributed by atoms with Gasteiger partial charge in [-0.2, -0.15) is 4.98 Å². The molecule has 0 spiro atoms. The third-order valence-corrected chi connectivity index (χ3v) is 5.51. The lowest BCUT2D eigenvalue weighted by Gasteiger charge is -2.39. The Hall–Kier alpha value is -3.58. The molecule has 7 heteroatoms. The van der Waals surface area contributed by atoms with Gasteiger partial charge in [-0.1, -0.05) is 60.7 Å². The molecule has 4 aromatic rings. The Kier molecular flexibility index (Phi) is 4.94. The van der Waals surface area contributed by atoms with Crippen molar-refractivity contribution in [2.75, 3.05) is 26.2 Å². The van der Waals surface area contributed by atoms with Crippen molar-refractivity contribution in [2.45, 2.75) is 6.04 Å². The molecule has 1 amide bonds. The summed E-state index contributed by atoms with van der Waals surface area (Å²) in [5, 5.41) is 4.28. The number of hydrogen-bond acceptors (Lipinski definition) is 5. The largest absolute Gasteiger partial charge is 0.333 e. The number of carbonyl (C=O) groups is 1. The maximum Gasteiger partial charge on any atom is 0.293 e. The predicted octanol–water partition coefficient (Wildman–Crippen LogP) is 2.67. The highest BCUT2D eigenvalue weighted by Gasteiger charge is 2.29. The van der Waals surface area contributed by atoms with E-state index in [0.717, 1.165) is 13.1 Å². The first-order valence-corrected chi connectivity index (χ1v) is 10.1. The number of hydrogen-bond donors (Lipinski definition) is 0. The zero-order valence-electron chi connectivity index (χ0n) is 16.5. The Balaban J connectivity index is 1.34. The first kappa shape index (κ1) is 18.4. The summed E-state index contributed by atoms with van der Waals surface area (Å²) in [6.07, 6.45) is 3.39. The van der Waals surface area contributed by atoms with Crippen LogP contribution in [-0.2, 0) is 0 Å². The fourth-order valence-electron chi connectivity index (χ4n) is 4.03. The zero-order valence-corrected chi connectivity index (χ0v) is 16.5. The lowest BCUT2D eigenvalue weighted by molar-refractivity contribution is 0.0586. The quantitative estimate of drug-likeness (QED) is 0.529. The lowest BCUT2D eigenvalue weighted by Crippen LogP contribution is -2.50. The minimum Gasteiger partial charge on any atom is -0.333 e. The van der Waals surface area contributed by atoms with Crippen molar-refractivity contribution in [1.29, 1.82) is 0 Å². The summed E-state index contributed by atoms with van der Waals surface area (Å²) in [5.74, 6) is 0.494. The molecule has 2 aromatic heterocycles. The Bertz CT molecular complexity index is 1060. The Labute approximate surface area is 174 Å². The molecule has 1 aliphatic rings. The summed E-state index contributed by atoms with van der Waals surface area (Å²) >= 11 is 0. The van der Waals surface area contributed by atoms with Crippen LogP contribution in [0.1, 0.15) is 27.8 Å². The van der Waals surface area contributed by atoms with Gasteiger partial charge in [-0.3, -0.25) is 9.69 Å². The lowest BCUT2D eigenvalue weighted by atomic mass is 9.96. The smallest absolute Gasteiger partial charge is 0.293 e. The van der Waals surface area contributed by atoms with Crippen LogP contribution in [0.15, 0.2) is 79.1 Å². The van der Waals surface area contributed by atoms with Crippen molar-refractivity contribution in [3.8, 4) is 0 Å². The molecule has 7 nitrogen and oxygen atoms in total. The number of aromatic nitrogens is 4. The topological polar surface area (TPSA) is 66.6 Å². The molecule has 0 radical (unpaired) electrons. The molecule has 1 saturated heterocycles. The van der Waals surface area contributed by atoms with Crippen LogP contribution < -0.4 is 0 Å². The van der Waals surface area contributed by atoms with E-state index in [0.29, 0.717) is 18.9 Å². The Morgan fingerprint density at radius 2 is 1.47 bits per heavy atom. The third kappa shape index (κ3) is 3.55. The van der Waals surface area contributed by atoms with Crippen LogP contribution in [0.25, 0.3) is 5.78 Å². The zero-order chi connectivity index (χ0) is 20.3. The van der Waals surface area contributed by atoms with E-state index in [1.165, 1.54) is 15.6 Å². The van der Waals surface area contributed by atoms with E-state index in [4.69, 9.17) is 0 Å². The van der Waals surface area contributed by atoms with E-state index >= 15 is 0 Å². The SMILES string of the molecule is O=C(c1nc2ncccn2n1)N1CCN(C(c2ccccc2)c2ccccc2)CC1. The number of carbonyl (C=O) groups excluding carboxylic acids is 1. The number of benzene rings is 2. The van der Waals surface area contributed by atoms with Crippen LogP contribution in [-0.4, -0.2) is 61.5 Å². The molecule has 150 valence electrons. The highest BCUT2D eigenvalue weighted by molar-refractivity contribution is 5.91. The van der Waals surface area contributed by atoms with E-state index < -0.39 is 0 Å². The van der Waals surface area contributed by atoms with Gasteiger partial charge in [-0.25, -0.2) is 9.50 Å². The summed E-state index contributed by atoms with van der Waals surface area (Å²) in [6, 6.07) is 23.0. The second kappa shape index (κ2) is 8.04. The summed E-state index contributed by atoms with van der Waals surface area (Å²) in [5.41, 5.74) is 2.52. The minimum absolute atomic E-state index is 0.142. The molecular weight excluding hydrogens is 376 g/mol. The summed E-state index contributed by atoms with van der Waals surface area (Å²) in [7, 11) is 0. The highest BCUT2D eigenvalue weighted by atomic mass is 16.2. The number of rotatable bonds is 4. The van der Waals surface area contributed by atoms with E-state index in [-0.39, 0.29) is 17.8 Å². The number of piperazine rings is 1. The summed E-state index contributed by atoms with van der Waals surface area (Å²) in [6.45, 7) is 2.84. The average molecular weight is 398 g/mol. The van der Waals surface area contributed by atoms with Crippen molar-refractivity contribution in [2.24, 2.45) is 0 Å². The van der Waals surface area contributed by atoms with Gasteiger partial charge in [0.15, 0.2) is 0 Å². The van der Waals surface area contributed by atoms with Crippen molar-refractivity contribution >= 4 is 11.7 Å². The molecule has 1 aliphatic heterocycles. The standard InChI is InChI=1S/C23H22N6O/c30-22(21-25-23-24-12-7-13-29(23)26-21)28-16-14-27(15-17-28)20(18-8-3-1-4-9-18)19-10-5-2-6-11-19/h1-13,20H,14-17H2. The molecule has 0 unspecified atom stereocenters. The Morgan fingerprint density at radius 1 is 0.833 bits per heavy atom. The Morgan fingerprint density at radius 3 is 2.07 bits per heavy atom. The first-order chi connectivity index (χ1) is 14.8. The second-order valence-corrected chi connectivity index (χ2v) is 7.35. The van der Waals surface area contributed by atoms with Gasteiger partial charge < -0.3 is 4.90 Å². The minimum atomic E-state index is -0.142. The molecule has 0 saturated carbocycles. The average Bonchev–Trinajstić information content (AvgIpc) is 3.25. The fourth-order valence-corrected chi connectivity index (χ4v) is 4.03. The first-order valence-electron chi connectivity index (χ1n) is 10.1. The van der Waals surface area contributed by atoms with Crippen molar-refractivity contribution < 1.29 is 4.79 Å². The molecule has 1 fully saturated rings. The van der Waals surface area contributed by atoms with Crippen molar-refractivity contribution in [1.82, 2.24) is 29.4 Å². The highest BCUT2D eigenvalue weighted by Crippen LogP contribution is 2.29. The normalized spacial score (nSPS) is 15.0. The van der Waals surface area contributed by atoms with Gasteiger partial charge >= 0.3 is 0 Å². The van der Waals surface area contributed by atoms with Crippen LogP contribution in [0.3, 0.4) is 0 Å². The van der Waals surface area contributed by atoms with Gasteiger partial charge in [-0.05, 0) is 17.2 Å². The van der Waals surface area contributed by atoms with E-state index in [1.807, 2.05) is 17.0 Å². The van der Waals surface area contributed by atoms with E-state index in [9.17, 15) is 4.79 Å². The molecule has 0 N–H and O–H groups in total. The number of fused-ring (bicyclic) bond motifs is 1. The van der Waals surface area contributed by atoms with Crippen LogP contribution >= 0.6 is 0 Å². The molecule has 0 aliphatic carbocycles. The molecule has 5 rings (SSSR count). The van der Waals surface area contributed by atoms with Crippen molar-refractivity contribution in [3.63, 3.8) is 0 Å². The third-order valence-electron chi connectivity index (χ3n) is 5.51. The maximum atomic E-state index is 12.9. The van der Waals surface area contributed by atoms with Crippen LogP contribution in [0.4, 0.5) is 0 Å². The van der Waals surface area contributed by atoms with E-state index in [1.54, 1.807) is 18.5 Å². The second-order valence-electron chi connectivity index (χ2n) is 7.35. The van der Waals surface area contributed by atoms with Gasteiger partial charge in [-0.15, -0.1) is 5.10 Å². The number of nitrogens with zero attached hydrogens (tertiary/aromatic N) is 6.